The Morgan fingerprint density at radius 1 is 0.815 bits per heavy atom. The predicted octanol–water partition coefficient (Wildman–Crippen LogP) is 1.06. The first-order valence-electron chi connectivity index (χ1n) is 8.66. The van der Waals surface area contributed by atoms with Gasteiger partial charge in [0.2, 0.25) is 0 Å². The minimum Gasteiger partial charge on any atom is -0.480 e. The maximum absolute atomic E-state index is 11.5. The summed E-state index contributed by atoms with van der Waals surface area (Å²) < 4.78 is 25.7. The van der Waals surface area contributed by atoms with Gasteiger partial charge in [-0.2, -0.15) is 0 Å². The molecule has 0 bridgehead atoms. The van der Waals surface area contributed by atoms with Gasteiger partial charge in [0.05, 0.1) is 46.2 Å². The Morgan fingerprint density at radius 2 is 1.37 bits per heavy atom. The zero-order chi connectivity index (χ0) is 19.6. The molecule has 152 valence electrons. The van der Waals surface area contributed by atoms with Crippen LogP contribution in [0.15, 0.2) is 30.3 Å². The van der Waals surface area contributed by atoms with Gasteiger partial charge in [0.25, 0.3) is 0 Å². The minimum absolute atomic E-state index is 0.231. The van der Waals surface area contributed by atoms with Crippen LogP contribution >= 0.6 is 0 Å². The van der Waals surface area contributed by atoms with Crippen LogP contribution in [-0.2, 0) is 35.1 Å². The van der Waals surface area contributed by atoms with Crippen molar-refractivity contribution in [3.63, 3.8) is 0 Å². The topological polar surface area (TPSA) is 113 Å². The van der Waals surface area contributed by atoms with E-state index >= 15 is 0 Å². The molecule has 9 heteroatoms. The largest absolute Gasteiger partial charge is 0.480 e. The average molecular weight is 385 g/mol. The summed E-state index contributed by atoms with van der Waals surface area (Å²) in [7, 11) is 0. The van der Waals surface area contributed by atoms with Crippen LogP contribution in [0.5, 0.6) is 0 Å². The summed E-state index contributed by atoms with van der Waals surface area (Å²) >= 11 is 0. The molecular weight excluding hydrogens is 358 g/mol. The molecule has 0 atom stereocenters. The van der Waals surface area contributed by atoms with Crippen molar-refractivity contribution in [1.82, 2.24) is 5.32 Å². The zero-order valence-corrected chi connectivity index (χ0v) is 15.3. The Hall–Kier alpha value is -2.20. The summed E-state index contributed by atoms with van der Waals surface area (Å²) in [5.41, 5.74) is 0.929. The number of rotatable bonds is 16. The normalized spacial score (nSPS) is 10.5. The molecule has 9 nitrogen and oxygen atoms in total. The molecule has 1 aromatic rings. The monoisotopic (exact) mass is 385 g/mol. The van der Waals surface area contributed by atoms with Crippen LogP contribution in [-0.4, -0.2) is 76.6 Å². The Bertz CT molecular complexity index is 511. The number of carbonyl (C=O) groups excluding carboxylic acids is 1. The number of ether oxygens (including phenoxy) is 5. The molecule has 1 rings (SSSR count). The quantitative estimate of drug-likeness (QED) is 0.406. The van der Waals surface area contributed by atoms with E-state index < -0.39 is 12.1 Å². The number of carboxylic acids is 1. The van der Waals surface area contributed by atoms with E-state index in [4.69, 9.17) is 28.8 Å². The van der Waals surface area contributed by atoms with Gasteiger partial charge in [0, 0.05) is 6.54 Å². The Kier molecular flexibility index (Phi) is 13.5. The van der Waals surface area contributed by atoms with E-state index in [0.717, 1.165) is 5.56 Å². The molecule has 0 saturated heterocycles. The molecule has 0 aliphatic carbocycles. The highest BCUT2D eigenvalue weighted by molar-refractivity contribution is 5.68. The molecule has 0 aliphatic rings. The highest BCUT2D eigenvalue weighted by atomic mass is 16.6. The van der Waals surface area contributed by atoms with Gasteiger partial charge < -0.3 is 34.1 Å². The van der Waals surface area contributed by atoms with Crippen LogP contribution in [0, 0.1) is 0 Å². The zero-order valence-electron chi connectivity index (χ0n) is 15.3. The van der Waals surface area contributed by atoms with E-state index in [1.807, 2.05) is 30.3 Å². The fourth-order valence-corrected chi connectivity index (χ4v) is 1.82. The van der Waals surface area contributed by atoms with Crippen molar-refractivity contribution in [3.05, 3.63) is 35.9 Å². The van der Waals surface area contributed by atoms with Crippen LogP contribution in [0.25, 0.3) is 0 Å². The Balaban J connectivity index is 1.78. The van der Waals surface area contributed by atoms with E-state index in [9.17, 15) is 9.59 Å². The van der Waals surface area contributed by atoms with Gasteiger partial charge in [-0.05, 0) is 5.56 Å². The second-order valence-electron chi connectivity index (χ2n) is 5.27. The molecule has 0 radical (unpaired) electrons. The molecule has 27 heavy (non-hydrogen) atoms. The van der Waals surface area contributed by atoms with Crippen molar-refractivity contribution < 1.29 is 38.4 Å². The molecule has 0 heterocycles. The van der Waals surface area contributed by atoms with E-state index in [2.05, 4.69) is 5.32 Å². The van der Waals surface area contributed by atoms with Gasteiger partial charge >= 0.3 is 12.1 Å². The number of benzene rings is 1. The minimum atomic E-state index is -1.00. The smallest absolute Gasteiger partial charge is 0.407 e. The van der Waals surface area contributed by atoms with Gasteiger partial charge in [0.15, 0.2) is 0 Å². The van der Waals surface area contributed by atoms with Gasteiger partial charge in [-0.1, -0.05) is 30.3 Å². The lowest BCUT2D eigenvalue weighted by molar-refractivity contribution is -0.142. The van der Waals surface area contributed by atoms with Crippen molar-refractivity contribution in [2.24, 2.45) is 0 Å². The van der Waals surface area contributed by atoms with Crippen LogP contribution in [0.2, 0.25) is 0 Å². The third kappa shape index (κ3) is 14.6. The van der Waals surface area contributed by atoms with E-state index in [1.54, 1.807) is 0 Å². The molecule has 0 spiro atoms. The number of amides is 1. The maximum atomic E-state index is 11.5. The Labute approximate surface area is 158 Å². The van der Waals surface area contributed by atoms with E-state index in [0.29, 0.717) is 46.2 Å². The number of carbonyl (C=O) groups is 2. The lowest BCUT2D eigenvalue weighted by atomic mass is 10.2. The second kappa shape index (κ2) is 16.0. The molecule has 1 aromatic carbocycles. The summed E-state index contributed by atoms with van der Waals surface area (Å²) in [6.07, 6.45) is -0.483. The molecule has 0 unspecified atom stereocenters. The predicted molar refractivity (Wildman–Crippen MR) is 95.5 cm³/mol. The Morgan fingerprint density at radius 3 is 1.96 bits per heavy atom. The number of carboxylic acid groups (broad SMARTS) is 1. The number of hydrogen-bond acceptors (Lipinski definition) is 7. The standard InChI is InChI=1S/C18H27NO8/c20-17(21)15-26-13-12-25-11-10-24-9-8-23-7-6-19-18(22)27-14-16-4-2-1-3-5-16/h1-5H,6-15H2,(H,19,22)(H,20,21). The summed E-state index contributed by atoms with van der Waals surface area (Å²) in [5, 5.41) is 11.0. The number of alkyl carbamates (subject to hydrolysis) is 1. The van der Waals surface area contributed by atoms with Crippen LogP contribution < -0.4 is 5.32 Å². The first-order chi connectivity index (χ1) is 13.2. The fraction of sp³-hybridized carbons (Fsp3) is 0.556. The fourth-order valence-electron chi connectivity index (χ4n) is 1.82. The van der Waals surface area contributed by atoms with E-state index in [1.165, 1.54) is 0 Å². The third-order valence-corrected chi connectivity index (χ3v) is 3.07. The lowest BCUT2D eigenvalue weighted by Crippen LogP contribution is -2.28. The molecule has 0 saturated carbocycles. The average Bonchev–Trinajstić information content (AvgIpc) is 2.67. The first kappa shape index (κ1) is 22.8. The summed E-state index contributed by atoms with van der Waals surface area (Å²) in [6, 6.07) is 9.44. The van der Waals surface area contributed by atoms with E-state index in [-0.39, 0.29) is 19.8 Å². The second-order valence-corrected chi connectivity index (χ2v) is 5.27. The molecule has 0 aliphatic heterocycles. The van der Waals surface area contributed by atoms with Crippen molar-refractivity contribution in [2.75, 3.05) is 59.4 Å². The van der Waals surface area contributed by atoms with Crippen molar-refractivity contribution in [1.29, 1.82) is 0 Å². The van der Waals surface area contributed by atoms with Gasteiger partial charge in [-0.25, -0.2) is 9.59 Å². The van der Waals surface area contributed by atoms with Crippen LogP contribution in [0.4, 0.5) is 4.79 Å². The molecule has 2 N–H and O–H groups in total. The van der Waals surface area contributed by atoms with Gasteiger partial charge in [-0.3, -0.25) is 0 Å². The third-order valence-electron chi connectivity index (χ3n) is 3.07. The molecule has 0 fully saturated rings. The first-order valence-corrected chi connectivity index (χ1v) is 8.66. The number of hydrogen-bond donors (Lipinski definition) is 2. The molecule has 1 amide bonds. The van der Waals surface area contributed by atoms with Crippen molar-refractivity contribution in [2.45, 2.75) is 6.61 Å². The van der Waals surface area contributed by atoms with Crippen molar-refractivity contribution >= 4 is 12.1 Å². The summed E-state index contributed by atoms with van der Waals surface area (Å²) in [6.45, 7) is 2.80. The van der Waals surface area contributed by atoms with Crippen LogP contribution in [0.3, 0.4) is 0 Å². The highest BCUT2D eigenvalue weighted by Gasteiger charge is 2.01. The van der Waals surface area contributed by atoms with Crippen molar-refractivity contribution in [3.8, 4) is 0 Å². The molecular formula is C18H27NO8. The highest BCUT2D eigenvalue weighted by Crippen LogP contribution is 2.00. The number of nitrogens with one attached hydrogen (secondary N) is 1. The maximum Gasteiger partial charge on any atom is 0.407 e. The molecule has 0 aromatic heterocycles. The SMILES string of the molecule is O=C(O)COCCOCCOCCOCCNC(=O)OCc1ccccc1. The lowest BCUT2D eigenvalue weighted by Gasteiger charge is -2.08. The number of aliphatic carboxylic acids is 1. The summed E-state index contributed by atoms with van der Waals surface area (Å²) in [5.74, 6) is -1.00. The van der Waals surface area contributed by atoms with Gasteiger partial charge in [0.1, 0.15) is 13.2 Å². The van der Waals surface area contributed by atoms with Gasteiger partial charge in [-0.15, -0.1) is 0 Å². The van der Waals surface area contributed by atoms with Crippen LogP contribution in [0.1, 0.15) is 5.56 Å². The summed E-state index contributed by atoms with van der Waals surface area (Å²) in [4.78, 5) is 21.7.